The smallest absolute Gasteiger partial charge is 0.214 e. The quantitative estimate of drug-likeness (QED) is 0.722. The maximum atomic E-state index is 11.1. The molecular formula is C8H19NO2S. The van der Waals surface area contributed by atoms with E-state index in [0.717, 1.165) is 0 Å². The van der Waals surface area contributed by atoms with Gasteiger partial charge >= 0.3 is 0 Å². The summed E-state index contributed by atoms with van der Waals surface area (Å²) in [5, 5.41) is 5.09. The Kier molecular flexibility index (Phi) is 2.97. The number of hydrogen-bond donors (Lipinski definition) is 1. The van der Waals surface area contributed by atoms with E-state index in [9.17, 15) is 8.42 Å². The molecule has 3 nitrogen and oxygen atoms in total. The molecule has 0 aromatic heterocycles. The van der Waals surface area contributed by atoms with Crippen LogP contribution < -0.4 is 5.14 Å². The Morgan fingerprint density at radius 2 is 1.42 bits per heavy atom. The lowest BCUT2D eigenvalue weighted by molar-refractivity contribution is 0.329. The molecule has 0 unspecified atom stereocenters. The molecule has 0 radical (unpaired) electrons. The fraction of sp³-hybridized carbons (Fsp3) is 1.00. The summed E-state index contributed by atoms with van der Waals surface area (Å²) in [6.07, 6.45) is 0.568. The zero-order chi connectivity index (χ0) is 10.2. The van der Waals surface area contributed by atoms with Crippen LogP contribution in [0.1, 0.15) is 41.0 Å². The van der Waals surface area contributed by atoms with Gasteiger partial charge in [-0.3, -0.25) is 0 Å². The van der Waals surface area contributed by atoms with Crippen LogP contribution in [0.15, 0.2) is 0 Å². The zero-order valence-electron chi connectivity index (χ0n) is 8.51. The summed E-state index contributed by atoms with van der Waals surface area (Å²) in [5.74, 6) is 0. The number of sulfonamides is 1. The second-order valence-electron chi connectivity index (χ2n) is 5.04. The molecule has 12 heavy (non-hydrogen) atoms. The van der Waals surface area contributed by atoms with Crippen LogP contribution >= 0.6 is 0 Å². The van der Waals surface area contributed by atoms with Crippen molar-refractivity contribution >= 4 is 10.0 Å². The molecule has 0 aromatic rings. The summed E-state index contributed by atoms with van der Waals surface area (Å²) in [6.45, 7) is 9.32. The molecule has 0 aliphatic carbocycles. The molecule has 0 spiro atoms. The zero-order valence-corrected chi connectivity index (χ0v) is 9.33. The van der Waals surface area contributed by atoms with E-state index in [1.165, 1.54) is 0 Å². The monoisotopic (exact) mass is 193 g/mol. The fourth-order valence-electron chi connectivity index (χ4n) is 1.38. The van der Waals surface area contributed by atoms with Crippen LogP contribution in [0, 0.1) is 5.41 Å². The van der Waals surface area contributed by atoms with E-state index in [1.54, 1.807) is 13.8 Å². The molecule has 2 N–H and O–H groups in total. The van der Waals surface area contributed by atoms with Crippen molar-refractivity contribution in [1.82, 2.24) is 0 Å². The first-order valence-electron chi connectivity index (χ1n) is 3.98. The van der Waals surface area contributed by atoms with Gasteiger partial charge in [0.1, 0.15) is 0 Å². The summed E-state index contributed by atoms with van der Waals surface area (Å²) >= 11 is 0. The summed E-state index contributed by atoms with van der Waals surface area (Å²) in [4.78, 5) is 0. The fourth-order valence-corrected chi connectivity index (χ4v) is 2.01. The Bertz CT molecular complexity index is 247. The Labute approximate surface area is 75.4 Å². The highest BCUT2D eigenvalue weighted by Gasteiger charge is 2.35. The Morgan fingerprint density at radius 3 is 1.50 bits per heavy atom. The van der Waals surface area contributed by atoms with E-state index >= 15 is 0 Å². The summed E-state index contributed by atoms with van der Waals surface area (Å²) in [6, 6.07) is 0. The van der Waals surface area contributed by atoms with Gasteiger partial charge in [-0.05, 0) is 25.7 Å². The van der Waals surface area contributed by atoms with E-state index in [4.69, 9.17) is 5.14 Å². The summed E-state index contributed by atoms with van der Waals surface area (Å²) in [5.41, 5.74) is -0.0179. The molecule has 0 saturated carbocycles. The highest BCUT2D eigenvalue weighted by molar-refractivity contribution is 7.90. The van der Waals surface area contributed by atoms with E-state index in [-0.39, 0.29) is 5.41 Å². The average molecular weight is 193 g/mol. The molecule has 0 amide bonds. The maximum absolute atomic E-state index is 11.1. The SMILES string of the molecule is CC(C)(C)CC(C)(C)S(N)(=O)=O. The predicted octanol–water partition coefficient (Wildman–Crippen LogP) is 1.49. The summed E-state index contributed by atoms with van der Waals surface area (Å²) in [7, 11) is -3.44. The normalized spacial score (nSPS) is 14.8. The third kappa shape index (κ3) is 3.54. The maximum Gasteiger partial charge on any atom is 0.214 e. The number of hydrogen-bond acceptors (Lipinski definition) is 2. The molecule has 0 atom stereocenters. The molecular weight excluding hydrogens is 174 g/mol. The lowest BCUT2D eigenvalue weighted by atomic mass is 9.86. The standard InChI is InChI=1S/C8H19NO2S/c1-7(2,3)6-8(4,5)12(9,10)11/h6H2,1-5H3,(H2,9,10,11). The Morgan fingerprint density at radius 1 is 1.08 bits per heavy atom. The first kappa shape index (κ1) is 11.9. The first-order valence-corrected chi connectivity index (χ1v) is 5.53. The van der Waals surface area contributed by atoms with Crippen molar-refractivity contribution in [3.63, 3.8) is 0 Å². The van der Waals surface area contributed by atoms with E-state index in [1.807, 2.05) is 20.8 Å². The third-order valence-corrected chi connectivity index (χ3v) is 3.41. The van der Waals surface area contributed by atoms with Crippen molar-refractivity contribution in [2.45, 2.75) is 45.8 Å². The largest absolute Gasteiger partial charge is 0.228 e. The second kappa shape index (κ2) is 3.00. The highest BCUT2D eigenvalue weighted by Crippen LogP contribution is 2.30. The van der Waals surface area contributed by atoms with Crippen LogP contribution in [0.25, 0.3) is 0 Å². The minimum absolute atomic E-state index is 0.0179. The van der Waals surface area contributed by atoms with E-state index in [2.05, 4.69) is 0 Å². The van der Waals surface area contributed by atoms with Crippen LogP contribution in [0.5, 0.6) is 0 Å². The molecule has 0 fully saturated rings. The minimum Gasteiger partial charge on any atom is -0.228 e. The molecule has 0 bridgehead atoms. The van der Waals surface area contributed by atoms with Crippen molar-refractivity contribution in [3.05, 3.63) is 0 Å². The van der Waals surface area contributed by atoms with Crippen molar-refractivity contribution in [2.24, 2.45) is 10.6 Å². The topological polar surface area (TPSA) is 60.2 Å². The number of nitrogens with two attached hydrogens (primary N) is 1. The average Bonchev–Trinajstić information content (AvgIpc) is 1.52. The van der Waals surface area contributed by atoms with Gasteiger partial charge < -0.3 is 0 Å². The first-order chi connectivity index (χ1) is 4.96. The van der Waals surface area contributed by atoms with Gasteiger partial charge in [-0.15, -0.1) is 0 Å². The van der Waals surface area contributed by atoms with Crippen LogP contribution in [-0.2, 0) is 10.0 Å². The summed E-state index contributed by atoms with van der Waals surface area (Å²) < 4.78 is 21.4. The lowest BCUT2D eigenvalue weighted by Gasteiger charge is -2.30. The van der Waals surface area contributed by atoms with Crippen molar-refractivity contribution in [2.75, 3.05) is 0 Å². The van der Waals surface area contributed by atoms with Crippen LogP contribution in [0.4, 0.5) is 0 Å². The predicted molar refractivity (Wildman–Crippen MR) is 51.3 cm³/mol. The van der Waals surface area contributed by atoms with Crippen LogP contribution in [0.2, 0.25) is 0 Å². The highest BCUT2D eigenvalue weighted by atomic mass is 32.2. The van der Waals surface area contributed by atoms with Crippen LogP contribution in [0.3, 0.4) is 0 Å². The van der Waals surface area contributed by atoms with Crippen molar-refractivity contribution in [1.29, 1.82) is 0 Å². The Hall–Kier alpha value is -0.0900. The molecule has 0 saturated heterocycles. The molecule has 74 valence electrons. The molecule has 0 aliphatic rings. The molecule has 0 heterocycles. The van der Waals surface area contributed by atoms with Gasteiger partial charge in [0.2, 0.25) is 10.0 Å². The van der Waals surface area contributed by atoms with E-state index in [0.29, 0.717) is 6.42 Å². The number of primary sulfonamides is 1. The molecule has 0 aromatic carbocycles. The van der Waals surface area contributed by atoms with Crippen LogP contribution in [-0.4, -0.2) is 13.2 Å². The van der Waals surface area contributed by atoms with Gasteiger partial charge in [-0.2, -0.15) is 0 Å². The molecule has 0 rings (SSSR count). The van der Waals surface area contributed by atoms with Gasteiger partial charge in [0.15, 0.2) is 0 Å². The van der Waals surface area contributed by atoms with Crippen molar-refractivity contribution < 1.29 is 8.42 Å². The third-order valence-electron chi connectivity index (χ3n) is 1.73. The Balaban J connectivity index is 4.68. The minimum atomic E-state index is -3.44. The van der Waals surface area contributed by atoms with Gasteiger partial charge in [-0.1, -0.05) is 20.8 Å². The molecule has 4 heteroatoms. The van der Waals surface area contributed by atoms with Gasteiger partial charge in [0.05, 0.1) is 4.75 Å². The number of rotatable bonds is 2. The van der Waals surface area contributed by atoms with Gasteiger partial charge in [0.25, 0.3) is 0 Å². The molecule has 0 aliphatic heterocycles. The van der Waals surface area contributed by atoms with Crippen molar-refractivity contribution in [3.8, 4) is 0 Å². The second-order valence-corrected chi connectivity index (χ2v) is 7.24. The van der Waals surface area contributed by atoms with Gasteiger partial charge in [-0.25, -0.2) is 13.6 Å². The lowest BCUT2D eigenvalue weighted by Crippen LogP contribution is -2.40. The van der Waals surface area contributed by atoms with Gasteiger partial charge in [0, 0.05) is 0 Å². The van der Waals surface area contributed by atoms with E-state index < -0.39 is 14.8 Å².